The second kappa shape index (κ2) is 5.53. The van der Waals surface area contributed by atoms with E-state index in [1.165, 1.54) is 10.8 Å². The molecule has 0 bridgehead atoms. The van der Waals surface area contributed by atoms with Crippen molar-refractivity contribution in [2.45, 2.75) is 13.5 Å². The Hall–Kier alpha value is -3.07. The smallest absolute Gasteiger partial charge is 0.337 e. The Morgan fingerprint density at radius 3 is 2.58 bits per heavy atom. The normalized spacial score (nSPS) is 11.2. The van der Waals surface area contributed by atoms with E-state index in [4.69, 9.17) is 0 Å². The molecule has 118 valence electrons. The van der Waals surface area contributed by atoms with E-state index in [9.17, 15) is 9.90 Å². The van der Waals surface area contributed by atoms with Gasteiger partial charge in [0.1, 0.15) is 0 Å². The van der Waals surface area contributed by atoms with E-state index in [0.717, 1.165) is 22.0 Å². The zero-order valence-corrected chi connectivity index (χ0v) is 13.4. The highest BCUT2D eigenvalue weighted by Crippen LogP contribution is 2.26. The van der Waals surface area contributed by atoms with Crippen molar-refractivity contribution in [2.24, 2.45) is 0 Å². The van der Waals surface area contributed by atoms with Crippen LogP contribution in [0.4, 0.5) is 0 Å². The van der Waals surface area contributed by atoms with E-state index in [1.54, 1.807) is 6.20 Å². The summed E-state index contributed by atoms with van der Waals surface area (Å²) in [4.78, 5) is 11.6. The van der Waals surface area contributed by atoms with E-state index in [0.29, 0.717) is 12.1 Å². The molecule has 4 aromatic rings. The number of nitrogens with zero attached hydrogens (tertiary/aromatic N) is 1. The average molecular weight is 315 g/mol. The van der Waals surface area contributed by atoms with Gasteiger partial charge in [-0.05, 0) is 41.0 Å². The van der Waals surface area contributed by atoms with Crippen LogP contribution in [0.2, 0.25) is 0 Å². The summed E-state index contributed by atoms with van der Waals surface area (Å²) in [5.74, 6) is -0.883. The highest BCUT2D eigenvalue weighted by Gasteiger charge is 2.15. The third-order valence-electron chi connectivity index (χ3n) is 4.51. The maximum absolute atomic E-state index is 11.6. The lowest BCUT2D eigenvalue weighted by molar-refractivity contribution is 0.0698. The molecule has 3 nitrogen and oxygen atoms in total. The lowest BCUT2D eigenvalue weighted by atomic mass is 10.1. The Labute approximate surface area is 139 Å². The molecule has 0 aliphatic heterocycles. The maximum Gasteiger partial charge on any atom is 0.337 e. The number of aromatic carboxylic acids is 1. The fraction of sp³-hybridized carbons (Fsp3) is 0.0952. The Bertz CT molecular complexity index is 1080. The van der Waals surface area contributed by atoms with Crippen molar-refractivity contribution in [1.29, 1.82) is 0 Å². The molecule has 0 aliphatic carbocycles. The van der Waals surface area contributed by atoms with E-state index < -0.39 is 5.97 Å². The van der Waals surface area contributed by atoms with Crippen LogP contribution < -0.4 is 0 Å². The highest BCUT2D eigenvalue weighted by molar-refractivity contribution is 6.04. The minimum atomic E-state index is -0.883. The molecule has 4 rings (SSSR count). The predicted octanol–water partition coefficient (Wildman–Crippen LogP) is 4.85. The number of carboxylic acid groups (broad SMARTS) is 1. The molecule has 24 heavy (non-hydrogen) atoms. The van der Waals surface area contributed by atoms with Crippen molar-refractivity contribution in [3.8, 4) is 0 Å². The van der Waals surface area contributed by atoms with Gasteiger partial charge >= 0.3 is 5.97 Å². The van der Waals surface area contributed by atoms with Gasteiger partial charge in [-0.25, -0.2) is 4.79 Å². The van der Waals surface area contributed by atoms with Crippen molar-refractivity contribution in [3.63, 3.8) is 0 Å². The largest absolute Gasteiger partial charge is 0.478 e. The minimum Gasteiger partial charge on any atom is -0.478 e. The highest BCUT2D eigenvalue weighted by atomic mass is 16.4. The molecule has 0 saturated heterocycles. The Balaban J connectivity index is 1.84. The number of aromatic nitrogens is 1. The number of benzene rings is 3. The average Bonchev–Trinajstić information content (AvgIpc) is 2.95. The SMILES string of the molecule is Cc1cccc2c1c(C(=O)O)cn2Cc1ccc2ccccc2c1. The number of carboxylic acids is 1. The number of rotatable bonds is 3. The van der Waals surface area contributed by atoms with E-state index in [1.807, 2.05) is 41.8 Å². The van der Waals surface area contributed by atoms with Gasteiger partial charge in [0.2, 0.25) is 0 Å². The van der Waals surface area contributed by atoms with E-state index in [-0.39, 0.29) is 0 Å². The van der Waals surface area contributed by atoms with Crippen molar-refractivity contribution in [2.75, 3.05) is 0 Å². The lowest BCUT2D eigenvalue weighted by Crippen LogP contribution is -1.98. The molecule has 1 aromatic heterocycles. The zero-order valence-electron chi connectivity index (χ0n) is 13.4. The summed E-state index contributed by atoms with van der Waals surface area (Å²) < 4.78 is 2.02. The summed E-state index contributed by atoms with van der Waals surface area (Å²) in [7, 11) is 0. The van der Waals surface area contributed by atoms with Gasteiger partial charge in [0.25, 0.3) is 0 Å². The van der Waals surface area contributed by atoms with Gasteiger partial charge in [-0.15, -0.1) is 0 Å². The summed E-state index contributed by atoms with van der Waals surface area (Å²) in [5.41, 5.74) is 3.47. The predicted molar refractivity (Wildman–Crippen MR) is 96.7 cm³/mol. The Morgan fingerprint density at radius 2 is 1.79 bits per heavy atom. The summed E-state index contributed by atoms with van der Waals surface area (Å²) in [6, 6.07) is 20.5. The Morgan fingerprint density at radius 1 is 1.00 bits per heavy atom. The van der Waals surface area contributed by atoms with Crippen LogP contribution in [-0.2, 0) is 6.54 Å². The minimum absolute atomic E-state index is 0.365. The molecule has 0 atom stereocenters. The van der Waals surface area contributed by atoms with Crippen LogP contribution in [0, 0.1) is 6.92 Å². The number of aryl methyl sites for hydroxylation is 1. The molecule has 0 saturated carbocycles. The fourth-order valence-corrected chi connectivity index (χ4v) is 3.36. The number of carbonyl (C=O) groups is 1. The van der Waals surface area contributed by atoms with Crippen LogP contribution in [0.3, 0.4) is 0 Å². The van der Waals surface area contributed by atoms with Crippen LogP contribution in [0.25, 0.3) is 21.7 Å². The maximum atomic E-state index is 11.6. The molecular formula is C21H17NO2. The molecule has 0 aliphatic rings. The first-order valence-corrected chi connectivity index (χ1v) is 7.93. The van der Waals surface area contributed by atoms with Crippen LogP contribution >= 0.6 is 0 Å². The lowest BCUT2D eigenvalue weighted by Gasteiger charge is -2.07. The summed E-state index contributed by atoms with van der Waals surface area (Å²) in [6.07, 6.45) is 1.75. The topological polar surface area (TPSA) is 42.2 Å². The summed E-state index contributed by atoms with van der Waals surface area (Å²) >= 11 is 0. The van der Waals surface area contributed by atoms with Crippen molar-refractivity contribution < 1.29 is 9.90 Å². The van der Waals surface area contributed by atoms with Gasteiger partial charge in [-0.2, -0.15) is 0 Å². The first kappa shape index (κ1) is 14.5. The van der Waals surface area contributed by atoms with Crippen LogP contribution in [0.1, 0.15) is 21.5 Å². The monoisotopic (exact) mass is 315 g/mol. The van der Waals surface area contributed by atoms with E-state index in [2.05, 4.69) is 30.3 Å². The number of hydrogen-bond donors (Lipinski definition) is 1. The van der Waals surface area contributed by atoms with Gasteiger partial charge in [-0.1, -0.05) is 48.5 Å². The third-order valence-corrected chi connectivity index (χ3v) is 4.51. The molecule has 0 spiro atoms. The van der Waals surface area contributed by atoms with Gasteiger partial charge in [-0.3, -0.25) is 0 Å². The molecule has 0 radical (unpaired) electrons. The van der Waals surface area contributed by atoms with Gasteiger partial charge in [0.15, 0.2) is 0 Å². The van der Waals surface area contributed by atoms with Gasteiger partial charge in [0.05, 0.1) is 5.56 Å². The quantitative estimate of drug-likeness (QED) is 0.587. The van der Waals surface area contributed by atoms with Crippen LogP contribution in [-0.4, -0.2) is 15.6 Å². The Kier molecular flexibility index (Phi) is 3.35. The molecule has 0 fully saturated rings. The van der Waals surface area contributed by atoms with Gasteiger partial charge < -0.3 is 9.67 Å². The fourth-order valence-electron chi connectivity index (χ4n) is 3.36. The second-order valence-corrected chi connectivity index (χ2v) is 6.13. The third kappa shape index (κ3) is 2.35. The molecule has 0 unspecified atom stereocenters. The number of fused-ring (bicyclic) bond motifs is 2. The van der Waals surface area contributed by atoms with E-state index >= 15 is 0 Å². The molecular weight excluding hydrogens is 298 g/mol. The zero-order chi connectivity index (χ0) is 16.7. The van der Waals surface area contributed by atoms with Crippen molar-refractivity contribution in [1.82, 2.24) is 4.57 Å². The molecule has 1 N–H and O–H groups in total. The van der Waals surface area contributed by atoms with Crippen molar-refractivity contribution in [3.05, 3.63) is 83.6 Å². The summed E-state index contributed by atoms with van der Waals surface area (Å²) in [5, 5.41) is 12.7. The second-order valence-electron chi connectivity index (χ2n) is 6.13. The van der Waals surface area contributed by atoms with Gasteiger partial charge in [0, 0.05) is 23.6 Å². The first-order valence-electron chi connectivity index (χ1n) is 7.93. The van der Waals surface area contributed by atoms with Crippen molar-refractivity contribution >= 4 is 27.6 Å². The molecule has 1 heterocycles. The number of hydrogen-bond acceptors (Lipinski definition) is 1. The molecule has 3 heteroatoms. The van der Waals surface area contributed by atoms with Crippen LogP contribution in [0.15, 0.2) is 66.9 Å². The molecule has 0 amide bonds. The summed E-state index contributed by atoms with van der Waals surface area (Å²) in [6.45, 7) is 2.60. The molecule has 3 aromatic carbocycles. The standard InChI is InChI=1S/C21H17NO2/c1-14-5-4-8-19-20(14)18(21(23)24)13-22(19)12-15-9-10-16-6-2-3-7-17(16)11-15/h2-11,13H,12H2,1H3,(H,23,24). The van der Waals surface area contributed by atoms with Crippen LogP contribution in [0.5, 0.6) is 0 Å². The first-order chi connectivity index (χ1) is 11.6.